The number of hydrogen-bond donors (Lipinski definition) is 4. The van der Waals surface area contributed by atoms with Crippen LogP contribution in [0.1, 0.15) is 26.2 Å². The van der Waals surface area contributed by atoms with Gasteiger partial charge in [-0.3, -0.25) is 10.8 Å². The van der Waals surface area contributed by atoms with Gasteiger partial charge in [-0.05, 0) is 35.8 Å². The Kier molecular flexibility index (Phi) is 11.8. The molecule has 1 fully saturated rings. The van der Waals surface area contributed by atoms with Crippen LogP contribution in [0.25, 0.3) is 0 Å². The van der Waals surface area contributed by atoms with Crippen LogP contribution in [0.2, 0.25) is 0 Å². The van der Waals surface area contributed by atoms with Crippen molar-refractivity contribution in [2.75, 3.05) is 36.6 Å². The van der Waals surface area contributed by atoms with E-state index in [4.69, 9.17) is 10.8 Å². The van der Waals surface area contributed by atoms with Crippen LogP contribution in [0.15, 0.2) is 0 Å². The van der Waals surface area contributed by atoms with Crippen LogP contribution in [0.3, 0.4) is 0 Å². The molecule has 2 unspecified atom stereocenters. The normalized spacial score (nSPS) is 20.3. The molecule has 0 saturated heterocycles. The van der Waals surface area contributed by atoms with Crippen molar-refractivity contribution in [3.8, 4) is 0 Å². The van der Waals surface area contributed by atoms with Gasteiger partial charge >= 0.3 is 0 Å². The van der Waals surface area contributed by atoms with E-state index in [1.54, 1.807) is 22.6 Å². The van der Waals surface area contributed by atoms with Gasteiger partial charge in [0.2, 0.25) is 0 Å². The molecule has 0 amide bonds. The quantitative estimate of drug-likeness (QED) is 0.189. The van der Waals surface area contributed by atoms with Crippen LogP contribution < -0.4 is 10.6 Å². The molecule has 1 saturated carbocycles. The largest absolute Gasteiger partial charge is 0.373 e. The molecule has 0 spiro atoms. The second-order valence-corrected chi connectivity index (χ2v) is 10.0. The molecule has 2 atom stereocenters. The van der Waals surface area contributed by atoms with Gasteiger partial charge in [-0.2, -0.15) is 23.5 Å². The summed E-state index contributed by atoms with van der Waals surface area (Å²) < 4.78 is 0. The molecule has 4 nitrogen and oxygen atoms in total. The average Bonchev–Trinajstić information content (AvgIpc) is 2.50. The second kappa shape index (κ2) is 12.7. The lowest BCUT2D eigenvalue weighted by Crippen LogP contribution is -2.29. The third-order valence-electron chi connectivity index (χ3n) is 3.48. The number of hydrogen-bond acceptors (Lipinski definition) is 6. The van der Waals surface area contributed by atoms with E-state index in [0.29, 0.717) is 11.0 Å². The van der Waals surface area contributed by atoms with Crippen molar-refractivity contribution < 1.29 is 0 Å². The summed E-state index contributed by atoms with van der Waals surface area (Å²) in [5, 5.41) is 23.2. The summed E-state index contributed by atoms with van der Waals surface area (Å²) in [5.74, 6) is 4.51. The maximum Gasteiger partial charge on any atom is 0.164 e. The van der Waals surface area contributed by atoms with E-state index in [9.17, 15) is 0 Å². The molecule has 1 aliphatic carbocycles. The minimum atomic E-state index is 0.518. The maximum absolute atomic E-state index is 7.88. The fourth-order valence-electron chi connectivity index (χ4n) is 1.92. The van der Waals surface area contributed by atoms with Crippen molar-refractivity contribution in [3.05, 3.63) is 0 Å². The van der Waals surface area contributed by atoms with E-state index in [1.165, 1.54) is 23.6 Å². The zero-order chi connectivity index (χ0) is 16.2. The minimum absolute atomic E-state index is 0.518. The van der Waals surface area contributed by atoms with Gasteiger partial charge in [-0.25, -0.2) is 0 Å². The van der Waals surface area contributed by atoms with Crippen LogP contribution >= 0.6 is 45.1 Å². The fraction of sp³-hybridized carbons (Fsp3) is 0.857. The van der Waals surface area contributed by atoms with Crippen LogP contribution in [0.4, 0.5) is 0 Å². The predicted octanol–water partition coefficient (Wildman–Crippen LogP) is 3.74. The molecule has 0 aromatic rings. The minimum Gasteiger partial charge on any atom is -0.373 e. The molecule has 0 radical (unpaired) electrons. The van der Waals surface area contributed by atoms with Gasteiger partial charge in [0.05, 0.1) is 5.84 Å². The summed E-state index contributed by atoms with van der Waals surface area (Å²) in [6, 6.07) is 0. The summed E-state index contributed by atoms with van der Waals surface area (Å²) in [5.41, 5.74) is 0. The molecule has 4 N–H and O–H groups in total. The molecule has 0 aliphatic heterocycles. The lowest BCUT2D eigenvalue weighted by Gasteiger charge is -2.33. The van der Waals surface area contributed by atoms with Gasteiger partial charge < -0.3 is 10.6 Å². The Morgan fingerprint density at radius 2 is 1.86 bits per heavy atom. The third kappa shape index (κ3) is 9.47. The van der Waals surface area contributed by atoms with Gasteiger partial charge in [0.1, 0.15) is 0 Å². The molecular weight excluding hydrogens is 352 g/mol. The van der Waals surface area contributed by atoms with Crippen LogP contribution in [-0.4, -0.2) is 52.9 Å². The summed E-state index contributed by atoms with van der Waals surface area (Å²) in [4.78, 5) is 0. The van der Waals surface area contributed by atoms with Crippen LogP contribution in [0, 0.1) is 16.7 Å². The van der Waals surface area contributed by atoms with E-state index >= 15 is 0 Å². The van der Waals surface area contributed by atoms with Crippen molar-refractivity contribution in [1.29, 1.82) is 10.8 Å². The van der Waals surface area contributed by atoms with Crippen molar-refractivity contribution in [2.45, 2.75) is 31.4 Å². The highest BCUT2D eigenvalue weighted by atomic mass is 33.1. The maximum atomic E-state index is 7.88. The third-order valence-corrected chi connectivity index (χ3v) is 7.82. The molecule has 8 heteroatoms. The molecule has 128 valence electrons. The Balaban J connectivity index is 1.87. The van der Waals surface area contributed by atoms with Crippen LogP contribution in [0.5, 0.6) is 0 Å². The van der Waals surface area contributed by atoms with Gasteiger partial charge in [-0.1, -0.05) is 17.7 Å². The summed E-state index contributed by atoms with van der Waals surface area (Å²) in [6.45, 7) is 4.08. The Morgan fingerprint density at radius 1 is 1.09 bits per heavy atom. The van der Waals surface area contributed by atoms with E-state index < -0.39 is 0 Å². The summed E-state index contributed by atoms with van der Waals surface area (Å²) in [7, 11) is 3.10. The zero-order valence-electron chi connectivity index (χ0n) is 13.4. The predicted molar refractivity (Wildman–Crippen MR) is 109 cm³/mol. The lowest BCUT2D eigenvalue weighted by molar-refractivity contribution is 0.363. The standard InChI is InChI=1S/C14H28N4S4/c1-11-3-4-12(11)20-10-7-17-13(15)5-8-21-22-14(16)18-6-9-19-2/h11-12H,3-10H2,1-2H3,(H2,15,17)(H2,16,18). The van der Waals surface area contributed by atoms with Crippen molar-refractivity contribution in [1.82, 2.24) is 10.6 Å². The van der Waals surface area contributed by atoms with Crippen molar-refractivity contribution in [3.63, 3.8) is 0 Å². The molecule has 1 aliphatic rings. The van der Waals surface area contributed by atoms with Crippen LogP contribution in [-0.2, 0) is 0 Å². The SMILES string of the molecule is CSCCNC(=N)SSCCC(=N)NCCSC1CCC1C. The molecule has 0 bridgehead atoms. The van der Waals surface area contributed by atoms with Crippen molar-refractivity contribution >= 4 is 56.1 Å². The van der Waals surface area contributed by atoms with Gasteiger partial charge in [0.15, 0.2) is 5.17 Å². The first kappa shape index (κ1) is 20.4. The Bertz CT molecular complexity index is 341. The molecule has 22 heavy (non-hydrogen) atoms. The van der Waals surface area contributed by atoms with E-state index in [0.717, 1.165) is 47.9 Å². The highest BCUT2D eigenvalue weighted by Crippen LogP contribution is 2.36. The van der Waals surface area contributed by atoms with Crippen molar-refractivity contribution in [2.24, 2.45) is 5.92 Å². The highest BCUT2D eigenvalue weighted by molar-refractivity contribution is 8.82. The van der Waals surface area contributed by atoms with Gasteiger partial charge in [-0.15, -0.1) is 0 Å². The van der Waals surface area contributed by atoms with Gasteiger partial charge in [0.25, 0.3) is 0 Å². The number of rotatable bonds is 11. The number of nitrogens with one attached hydrogen (secondary N) is 4. The molecular formula is C14H28N4S4. The zero-order valence-corrected chi connectivity index (χ0v) is 16.7. The fourth-order valence-corrected chi connectivity index (χ4v) is 5.20. The highest BCUT2D eigenvalue weighted by Gasteiger charge is 2.26. The lowest BCUT2D eigenvalue weighted by atomic mass is 9.87. The number of thioether (sulfide) groups is 2. The molecule has 0 aromatic heterocycles. The topological polar surface area (TPSA) is 71.8 Å². The Morgan fingerprint density at radius 3 is 2.50 bits per heavy atom. The smallest absolute Gasteiger partial charge is 0.164 e. The first-order chi connectivity index (χ1) is 10.6. The monoisotopic (exact) mass is 380 g/mol. The second-order valence-electron chi connectivity index (χ2n) is 5.27. The van der Waals surface area contributed by atoms with Gasteiger partial charge in [0, 0.05) is 42.0 Å². The Labute approximate surface area is 151 Å². The van der Waals surface area contributed by atoms with E-state index in [2.05, 4.69) is 23.8 Å². The Hall–Kier alpha value is 0.340. The average molecular weight is 381 g/mol. The van der Waals surface area contributed by atoms with E-state index in [1.807, 2.05) is 11.8 Å². The first-order valence-corrected chi connectivity index (χ1v) is 12.4. The molecule has 1 rings (SSSR count). The summed E-state index contributed by atoms with van der Waals surface area (Å²) >= 11 is 3.83. The van der Waals surface area contributed by atoms with E-state index in [-0.39, 0.29) is 0 Å². The number of amidine groups is 2. The summed E-state index contributed by atoms with van der Waals surface area (Å²) in [6.07, 6.45) is 5.57. The molecule has 0 aromatic carbocycles. The molecule has 0 heterocycles. The first-order valence-electron chi connectivity index (χ1n) is 7.67.